The van der Waals surface area contributed by atoms with Crippen molar-refractivity contribution >= 4 is 11.8 Å². The largest absolute Gasteiger partial charge is 0.497 e. The van der Waals surface area contributed by atoms with Crippen LogP contribution in [0.15, 0.2) is 39.5 Å². The highest BCUT2D eigenvalue weighted by atomic mass is 32.2. The van der Waals surface area contributed by atoms with Gasteiger partial charge in [0.25, 0.3) is 0 Å². The standard InChI is InChI=1S/C17H17N3O3S/c1-21-14-6-4-12(5-7-14)17-18-13(8-22-17)9-24-10-15-19-16(20-23-15)11-2-3-11/h4-8,11H,2-3,9-10H2,1H3. The average molecular weight is 343 g/mol. The van der Waals surface area contributed by atoms with E-state index >= 15 is 0 Å². The van der Waals surface area contributed by atoms with Gasteiger partial charge in [-0.1, -0.05) is 5.16 Å². The van der Waals surface area contributed by atoms with Crippen molar-refractivity contribution < 1.29 is 13.7 Å². The molecule has 0 N–H and O–H groups in total. The third-order valence-electron chi connectivity index (χ3n) is 3.79. The summed E-state index contributed by atoms with van der Waals surface area (Å²) in [4.78, 5) is 8.93. The van der Waals surface area contributed by atoms with Gasteiger partial charge in [-0.3, -0.25) is 0 Å². The quantitative estimate of drug-likeness (QED) is 0.641. The summed E-state index contributed by atoms with van der Waals surface area (Å²) in [5, 5.41) is 4.02. The molecule has 24 heavy (non-hydrogen) atoms. The van der Waals surface area contributed by atoms with Crippen LogP contribution in [0.1, 0.15) is 36.2 Å². The van der Waals surface area contributed by atoms with E-state index in [1.165, 1.54) is 12.8 Å². The Kier molecular flexibility index (Phi) is 4.25. The van der Waals surface area contributed by atoms with Crippen LogP contribution < -0.4 is 4.74 Å². The Hall–Kier alpha value is -2.28. The molecule has 124 valence electrons. The number of hydrogen-bond acceptors (Lipinski definition) is 7. The van der Waals surface area contributed by atoms with E-state index in [4.69, 9.17) is 13.7 Å². The molecule has 0 bridgehead atoms. The van der Waals surface area contributed by atoms with Gasteiger partial charge in [-0.25, -0.2) is 4.98 Å². The van der Waals surface area contributed by atoms with Gasteiger partial charge in [0.15, 0.2) is 5.82 Å². The highest BCUT2D eigenvalue weighted by Gasteiger charge is 2.28. The molecule has 1 fully saturated rings. The molecule has 0 amide bonds. The maximum Gasteiger partial charge on any atom is 0.236 e. The number of thioether (sulfide) groups is 1. The number of ether oxygens (including phenoxy) is 1. The van der Waals surface area contributed by atoms with E-state index in [1.807, 2.05) is 24.3 Å². The van der Waals surface area contributed by atoms with Gasteiger partial charge in [-0.2, -0.15) is 4.98 Å². The van der Waals surface area contributed by atoms with E-state index in [-0.39, 0.29) is 0 Å². The van der Waals surface area contributed by atoms with E-state index in [2.05, 4.69) is 15.1 Å². The predicted molar refractivity (Wildman–Crippen MR) is 89.8 cm³/mol. The van der Waals surface area contributed by atoms with Crippen LogP contribution in [0.2, 0.25) is 0 Å². The molecule has 4 rings (SSSR count). The number of rotatable bonds is 7. The molecule has 1 aliphatic rings. The van der Waals surface area contributed by atoms with Gasteiger partial charge in [0.05, 0.1) is 18.6 Å². The van der Waals surface area contributed by atoms with Gasteiger partial charge in [-0.15, -0.1) is 11.8 Å². The topological polar surface area (TPSA) is 74.2 Å². The summed E-state index contributed by atoms with van der Waals surface area (Å²) in [5.41, 5.74) is 1.82. The molecular weight excluding hydrogens is 326 g/mol. The number of hydrogen-bond donors (Lipinski definition) is 0. The summed E-state index contributed by atoms with van der Waals surface area (Å²) in [7, 11) is 1.65. The van der Waals surface area contributed by atoms with Crippen molar-refractivity contribution in [3.05, 3.63) is 47.9 Å². The summed E-state index contributed by atoms with van der Waals surface area (Å²) in [6.45, 7) is 0. The number of nitrogens with zero attached hydrogens (tertiary/aromatic N) is 3. The van der Waals surface area contributed by atoms with Crippen molar-refractivity contribution in [1.29, 1.82) is 0 Å². The van der Waals surface area contributed by atoms with E-state index < -0.39 is 0 Å². The zero-order valence-corrected chi connectivity index (χ0v) is 14.1. The molecule has 0 atom stereocenters. The Balaban J connectivity index is 1.32. The van der Waals surface area contributed by atoms with Gasteiger partial charge in [0, 0.05) is 17.2 Å². The lowest BCUT2D eigenvalue weighted by atomic mass is 10.2. The van der Waals surface area contributed by atoms with Crippen LogP contribution in [0.25, 0.3) is 11.5 Å². The summed E-state index contributed by atoms with van der Waals surface area (Å²) in [6.07, 6.45) is 4.05. The van der Waals surface area contributed by atoms with Crippen LogP contribution in [-0.4, -0.2) is 22.2 Å². The van der Waals surface area contributed by atoms with E-state index in [1.54, 1.807) is 25.1 Å². The molecule has 0 aliphatic heterocycles. The first kappa shape index (κ1) is 15.3. The molecule has 0 unspecified atom stereocenters. The van der Waals surface area contributed by atoms with E-state index in [0.717, 1.165) is 28.6 Å². The number of oxazole rings is 1. The Morgan fingerprint density at radius 2 is 2.00 bits per heavy atom. The first-order valence-electron chi connectivity index (χ1n) is 7.81. The minimum absolute atomic E-state index is 0.523. The minimum Gasteiger partial charge on any atom is -0.497 e. The normalized spacial score (nSPS) is 14.0. The first-order valence-corrected chi connectivity index (χ1v) is 8.96. The first-order chi connectivity index (χ1) is 11.8. The van der Waals surface area contributed by atoms with Crippen molar-refractivity contribution in [2.24, 2.45) is 0 Å². The van der Waals surface area contributed by atoms with Crippen LogP contribution in [0, 0.1) is 0 Å². The van der Waals surface area contributed by atoms with Crippen molar-refractivity contribution in [1.82, 2.24) is 15.1 Å². The monoisotopic (exact) mass is 343 g/mol. The summed E-state index contributed by atoms with van der Waals surface area (Å²) in [5.74, 6) is 4.91. The van der Waals surface area contributed by atoms with Crippen LogP contribution in [0.4, 0.5) is 0 Å². The zero-order chi connectivity index (χ0) is 16.4. The van der Waals surface area contributed by atoms with Gasteiger partial charge in [0.1, 0.15) is 12.0 Å². The lowest BCUT2D eigenvalue weighted by Gasteiger charge is -1.99. The third-order valence-corrected chi connectivity index (χ3v) is 4.74. The average Bonchev–Trinajstić information content (AvgIpc) is 3.18. The van der Waals surface area contributed by atoms with Crippen LogP contribution >= 0.6 is 11.8 Å². The maximum atomic E-state index is 5.55. The highest BCUT2D eigenvalue weighted by Crippen LogP contribution is 2.38. The van der Waals surface area contributed by atoms with Crippen molar-refractivity contribution in [3.63, 3.8) is 0 Å². The fourth-order valence-electron chi connectivity index (χ4n) is 2.32. The third kappa shape index (κ3) is 3.46. The molecule has 6 nitrogen and oxygen atoms in total. The van der Waals surface area contributed by atoms with Crippen molar-refractivity contribution in [3.8, 4) is 17.2 Å². The fraction of sp³-hybridized carbons (Fsp3) is 0.353. The Morgan fingerprint density at radius 3 is 2.75 bits per heavy atom. The molecule has 3 aromatic rings. The molecule has 0 radical (unpaired) electrons. The smallest absolute Gasteiger partial charge is 0.236 e. The highest BCUT2D eigenvalue weighted by molar-refractivity contribution is 7.97. The Morgan fingerprint density at radius 1 is 1.17 bits per heavy atom. The SMILES string of the molecule is COc1ccc(-c2nc(CSCc3nc(C4CC4)no3)co2)cc1. The van der Waals surface area contributed by atoms with E-state index in [0.29, 0.717) is 23.5 Å². The second-order valence-corrected chi connectivity index (χ2v) is 6.67. The summed E-state index contributed by atoms with van der Waals surface area (Å²) < 4.78 is 16.0. The lowest BCUT2D eigenvalue weighted by Crippen LogP contribution is -1.86. The van der Waals surface area contributed by atoms with Crippen molar-refractivity contribution in [2.75, 3.05) is 7.11 Å². The molecule has 2 heterocycles. The molecule has 0 saturated heterocycles. The van der Waals surface area contributed by atoms with Crippen LogP contribution in [-0.2, 0) is 11.5 Å². The molecule has 1 saturated carbocycles. The van der Waals surface area contributed by atoms with Crippen molar-refractivity contribution in [2.45, 2.75) is 30.3 Å². The zero-order valence-electron chi connectivity index (χ0n) is 13.3. The van der Waals surface area contributed by atoms with Gasteiger partial charge in [-0.05, 0) is 37.1 Å². The fourth-order valence-corrected chi connectivity index (χ4v) is 3.05. The van der Waals surface area contributed by atoms with Crippen LogP contribution in [0.3, 0.4) is 0 Å². The summed E-state index contributed by atoms with van der Waals surface area (Å²) in [6, 6.07) is 7.64. The van der Waals surface area contributed by atoms with E-state index in [9.17, 15) is 0 Å². The second kappa shape index (κ2) is 6.68. The van der Waals surface area contributed by atoms with Gasteiger partial charge in [0.2, 0.25) is 11.8 Å². The molecule has 7 heteroatoms. The number of benzene rings is 1. The number of methoxy groups -OCH3 is 1. The minimum atomic E-state index is 0.523. The number of aromatic nitrogens is 3. The maximum absolute atomic E-state index is 5.55. The second-order valence-electron chi connectivity index (χ2n) is 5.69. The summed E-state index contributed by atoms with van der Waals surface area (Å²) >= 11 is 1.68. The molecule has 1 aliphatic carbocycles. The molecular formula is C17H17N3O3S. The molecule has 0 spiro atoms. The molecule has 2 aromatic heterocycles. The molecule has 1 aromatic carbocycles. The Bertz CT molecular complexity index is 809. The van der Waals surface area contributed by atoms with Gasteiger partial charge < -0.3 is 13.7 Å². The van der Waals surface area contributed by atoms with Crippen LogP contribution in [0.5, 0.6) is 5.75 Å². The Labute approximate surface area is 143 Å². The lowest BCUT2D eigenvalue weighted by molar-refractivity contribution is 0.385. The predicted octanol–water partition coefficient (Wildman–Crippen LogP) is 4.04. The van der Waals surface area contributed by atoms with Gasteiger partial charge >= 0.3 is 0 Å².